The van der Waals surface area contributed by atoms with E-state index in [0.717, 1.165) is 0 Å². The lowest BCUT2D eigenvalue weighted by molar-refractivity contribution is -0.143. The molecule has 0 saturated carbocycles. The van der Waals surface area contributed by atoms with E-state index >= 15 is 0 Å². The SMILES string of the molecule is COC(=O)CC(O)CC(O)CCl. The van der Waals surface area contributed by atoms with E-state index in [1.807, 2.05) is 0 Å². The van der Waals surface area contributed by atoms with E-state index in [9.17, 15) is 4.79 Å². The van der Waals surface area contributed by atoms with Gasteiger partial charge in [-0.15, -0.1) is 11.6 Å². The van der Waals surface area contributed by atoms with E-state index in [2.05, 4.69) is 4.74 Å². The zero-order valence-corrected chi connectivity index (χ0v) is 7.62. The van der Waals surface area contributed by atoms with Crippen LogP contribution in [0.1, 0.15) is 12.8 Å². The Morgan fingerprint density at radius 1 is 1.50 bits per heavy atom. The van der Waals surface area contributed by atoms with Gasteiger partial charge in [-0.25, -0.2) is 0 Å². The maximum absolute atomic E-state index is 10.6. The van der Waals surface area contributed by atoms with Crippen LogP contribution in [0.15, 0.2) is 0 Å². The second-order valence-electron chi connectivity index (χ2n) is 2.48. The van der Waals surface area contributed by atoms with E-state index in [1.54, 1.807) is 0 Å². The van der Waals surface area contributed by atoms with Gasteiger partial charge in [0.1, 0.15) is 0 Å². The van der Waals surface area contributed by atoms with Crippen LogP contribution in [0, 0.1) is 0 Å². The molecule has 12 heavy (non-hydrogen) atoms. The predicted octanol–water partition coefficient (Wildman–Crippen LogP) is -0.0998. The lowest BCUT2D eigenvalue weighted by atomic mass is 10.1. The first kappa shape index (κ1) is 11.7. The molecule has 2 atom stereocenters. The fourth-order valence-corrected chi connectivity index (χ4v) is 0.862. The Labute approximate surface area is 76.1 Å². The normalized spacial score (nSPS) is 15.3. The minimum absolute atomic E-state index is 0.0538. The van der Waals surface area contributed by atoms with Gasteiger partial charge in [-0.2, -0.15) is 0 Å². The summed E-state index contributed by atoms with van der Waals surface area (Å²) < 4.78 is 4.32. The molecule has 0 aromatic carbocycles. The summed E-state index contributed by atoms with van der Waals surface area (Å²) in [6.45, 7) is 0. The number of halogens is 1. The number of ether oxygens (including phenoxy) is 1. The second-order valence-corrected chi connectivity index (χ2v) is 2.79. The van der Waals surface area contributed by atoms with Gasteiger partial charge in [-0.05, 0) is 0 Å². The summed E-state index contributed by atoms with van der Waals surface area (Å²) in [5.74, 6) is -0.442. The van der Waals surface area contributed by atoms with Crippen LogP contribution in [-0.4, -0.2) is 41.4 Å². The summed E-state index contributed by atoms with van der Waals surface area (Å²) >= 11 is 5.29. The van der Waals surface area contributed by atoms with E-state index < -0.39 is 18.2 Å². The average Bonchev–Trinajstić information content (AvgIpc) is 2.03. The smallest absolute Gasteiger partial charge is 0.308 e. The highest BCUT2D eigenvalue weighted by Gasteiger charge is 2.14. The summed E-state index contributed by atoms with van der Waals surface area (Å²) in [4.78, 5) is 10.6. The summed E-state index contributed by atoms with van der Waals surface area (Å²) in [5.41, 5.74) is 0. The number of aliphatic hydroxyl groups excluding tert-OH is 2. The minimum Gasteiger partial charge on any atom is -0.469 e. The maximum atomic E-state index is 10.6. The predicted molar refractivity (Wildman–Crippen MR) is 44.0 cm³/mol. The van der Waals surface area contributed by atoms with E-state index in [1.165, 1.54) is 7.11 Å². The highest BCUT2D eigenvalue weighted by atomic mass is 35.5. The van der Waals surface area contributed by atoms with Crippen LogP contribution in [0.4, 0.5) is 0 Å². The molecule has 72 valence electrons. The number of hydrogen-bond acceptors (Lipinski definition) is 4. The first-order chi connectivity index (χ1) is 5.60. The highest BCUT2D eigenvalue weighted by molar-refractivity contribution is 6.18. The Morgan fingerprint density at radius 2 is 2.08 bits per heavy atom. The quantitative estimate of drug-likeness (QED) is 0.476. The zero-order chi connectivity index (χ0) is 9.56. The standard InChI is InChI=1S/C7H13ClO4/c1-12-7(11)3-5(9)2-6(10)4-8/h5-6,9-10H,2-4H2,1H3. The molecule has 0 bridgehead atoms. The number of hydrogen-bond donors (Lipinski definition) is 2. The van der Waals surface area contributed by atoms with Crippen molar-refractivity contribution in [3.63, 3.8) is 0 Å². The number of aliphatic hydroxyl groups is 2. The second kappa shape index (κ2) is 6.22. The maximum Gasteiger partial charge on any atom is 0.308 e. The molecule has 2 N–H and O–H groups in total. The molecule has 0 rings (SSSR count). The molecule has 4 nitrogen and oxygen atoms in total. The van der Waals surface area contributed by atoms with Crippen molar-refractivity contribution in [2.45, 2.75) is 25.0 Å². The Hall–Kier alpha value is -0.320. The molecule has 2 unspecified atom stereocenters. The highest BCUT2D eigenvalue weighted by Crippen LogP contribution is 2.04. The van der Waals surface area contributed by atoms with Crippen molar-refractivity contribution in [1.29, 1.82) is 0 Å². The molecule has 0 fully saturated rings. The molecule has 0 heterocycles. The van der Waals surface area contributed by atoms with Gasteiger partial charge in [-0.1, -0.05) is 0 Å². The first-order valence-corrected chi connectivity index (χ1v) is 4.12. The Morgan fingerprint density at radius 3 is 2.50 bits per heavy atom. The van der Waals surface area contributed by atoms with Crippen molar-refractivity contribution in [3.05, 3.63) is 0 Å². The number of methoxy groups -OCH3 is 1. The Kier molecular flexibility index (Phi) is 6.06. The van der Waals surface area contributed by atoms with Crippen LogP contribution in [0.25, 0.3) is 0 Å². The molecule has 0 aliphatic rings. The fourth-order valence-electron chi connectivity index (χ4n) is 0.736. The minimum atomic E-state index is -0.883. The molecule has 5 heteroatoms. The van der Waals surface area contributed by atoms with Crippen molar-refractivity contribution >= 4 is 17.6 Å². The van der Waals surface area contributed by atoms with Crippen molar-refractivity contribution in [1.82, 2.24) is 0 Å². The van der Waals surface area contributed by atoms with Crippen molar-refractivity contribution in [3.8, 4) is 0 Å². The van der Waals surface area contributed by atoms with E-state index in [0.29, 0.717) is 0 Å². The van der Waals surface area contributed by atoms with Crippen LogP contribution < -0.4 is 0 Å². The Bertz CT molecular complexity index is 139. The summed E-state index contributed by atoms with van der Waals surface area (Å²) in [6.07, 6.45) is -1.67. The summed E-state index contributed by atoms with van der Waals surface area (Å²) in [6, 6.07) is 0. The molecule has 0 spiro atoms. The van der Waals surface area contributed by atoms with Gasteiger partial charge in [-0.3, -0.25) is 4.79 Å². The third kappa shape index (κ3) is 5.35. The van der Waals surface area contributed by atoms with Crippen LogP contribution in [0.2, 0.25) is 0 Å². The van der Waals surface area contributed by atoms with Gasteiger partial charge in [0.05, 0.1) is 25.7 Å². The topological polar surface area (TPSA) is 66.8 Å². The Balaban J connectivity index is 3.58. The lowest BCUT2D eigenvalue weighted by Gasteiger charge is -2.11. The molecule has 0 saturated heterocycles. The summed E-state index contributed by atoms with van der Waals surface area (Å²) in [7, 11) is 1.24. The number of rotatable bonds is 5. The molecule has 0 amide bonds. The van der Waals surface area contributed by atoms with Crippen molar-refractivity contribution in [2.24, 2.45) is 0 Å². The molecule has 0 aliphatic heterocycles. The van der Waals surface area contributed by atoms with Crippen LogP contribution in [-0.2, 0) is 9.53 Å². The van der Waals surface area contributed by atoms with Crippen molar-refractivity contribution < 1.29 is 19.7 Å². The van der Waals surface area contributed by atoms with Crippen molar-refractivity contribution in [2.75, 3.05) is 13.0 Å². The average molecular weight is 197 g/mol. The molecule has 0 aliphatic carbocycles. The van der Waals surface area contributed by atoms with Gasteiger partial charge in [0.25, 0.3) is 0 Å². The number of carbonyl (C=O) groups is 1. The molecule has 0 aromatic heterocycles. The largest absolute Gasteiger partial charge is 0.469 e. The number of esters is 1. The van der Waals surface area contributed by atoms with E-state index in [-0.39, 0.29) is 18.7 Å². The first-order valence-electron chi connectivity index (χ1n) is 3.59. The molecule has 0 aromatic rings. The van der Waals surface area contributed by atoms with Gasteiger partial charge in [0, 0.05) is 12.3 Å². The fraction of sp³-hybridized carbons (Fsp3) is 0.857. The van der Waals surface area contributed by atoms with Gasteiger partial charge in [0.15, 0.2) is 0 Å². The van der Waals surface area contributed by atoms with E-state index in [4.69, 9.17) is 21.8 Å². The summed E-state index contributed by atoms with van der Waals surface area (Å²) in [5, 5.41) is 18.1. The number of alkyl halides is 1. The van der Waals surface area contributed by atoms with Gasteiger partial charge in [0.2, 0.25) is 0 Å². The van der Waals surface area contributed by atoms with Crippen LogP contribution in [0.3, 0.4) is 0 Å². The molecule has 0 radical (unpaired) electrons. The molecular weight excluding hydrogens is 184 g/mol. The van der Waals surface area contributed by atoms with Crippen LogP contribution in [0.5, 0.6) is 0 Å². The monoisotopic (exact) mass is 196 g/mol. The number of carbonyl (C=O) groups excluding carboxylic acids is 1. The van der Waals surface area contributed by atoms with Gasteiger partial charge < -0.3 is 14.9 Å². The third-order valence-electron chi connectivity index (χ3n) is 1.35. The van der Waals surface area contributed by atoms with Gasteiger partial charge >= 0.3 is 5.97 Å². The zero-order valence-electron chi connectivity index (χ0n) is 6.86. The molecular formula is C7H13ClO4. The van der Waals surface area contributed by atoms with Crippen LogP contribution >= 0.6 is 11.6 Å². The lowest BCUT2D eigenvalue weighted by Crippen LogP contribution is -2.22. The third-order valence-corrected chi connectivity index (χ3v) is 1.71.